The Morgan fingerprint density at radius 2 is 1.78 bits per heavy atom. The zero-order valence-electron chi connectivity index (χ0n) is 5.89. The molecule has 1 rings (SSSR count). The normalized spacial score (nSPS) is 29.6. The summed E-state index contributed by atoms with van der Waals surface area (Å²) < 4.78 is 12.7. The highest BCUT2D eigenvalue weighted by atomic mass is 32.3. The molecule has 56 valence electrons. The van der Waals surface area contributed by atoms with Crippen LogP contribution in [0.25, 0.3) is 0 Å². The van der Waals surface area contributed by atoms with Crippen molar-refractivity contribution in [1.29, 1.82) is 0 Å². The van der Waals surface area contributed by atoms with Crippen molar-refractivity contribution in [3.05, 3.63) is 0 Å². The minimum atomic E-state index is -1.33. The quantitative estimate of drug-likeness (QED) is 0.593. The zero-order valence-corrected chi connectivity index (χ0v) is 6.71. The van der Waals surface area contributed by atoms with Crippen molar-refractivity contribution in [1.82, 2.24) is 4.72 Å². The van der Waals surface area contributed by atoms with E-state index in [1.165, 1.54) is 19.3 Å². The molecule has 1 heterocycles. The lowest BCUT2D eigenvalue weighted by Gasteiger charge is -2.36. The molecule has 2 nitrogen and oxygen atoms in total. The Labute approximate surface area is 58.3 Å². The molecule has 1 aliphatic rings. The lowest BCUT2D eigenvalue weighted by Crippen LogP contribution is -2.25. The van der Waals surface area contributed by atoms with E-state index >= 15 is 0 Å². The molecule has 0 amide bonds. The zero-order chi connectivity index (χ0) is 6.74. The second-order valence-electron chi connectivity index (χ2n) is 2.52. The van der Waals surface area contributed by atoms with Crippen LogP contribution in [0.2, 0.25) is 0 Å². The van der Waals surface area contributed by atoms with E-state index in [0.717, 1.165) is 11.5 Å². The molecule has 2 N–H and O–H groups in total. The minimum Gasteiger partial charge on any atom is -0.338 e. The Balaban J connectivity index is 2.37. The molecule has 0 spiro atoms. The van der Waals surface area contributed by atoms with Gasteiger partial charge < -0.3 is 4.55 Å². The van der Waals surface area contributed by atoms with Crippen molar-refractivity contribution in [2.45, 2.75) is 19.3 Å². The SMILES string of the molecule is CNS1(O)CCCCC1. The van der Waals surface area contributed by atoms with Gasteiger partial charge in [-0.1, -0.05) is 16.9 Å². The van der Waals surface area contributed by atoms with Crippen molar-refractivity contribution in [3.8, 4) is 0 Å². The first kappa shape index (κ1) is 7.38. The lowest BCUT2D eigenvalue weighted by atomic mass is 10.3. The molecule has 1 fully saturated rings. The molecule has 0 atom stereocenters. The maximum atomic E-state index is 9.65. The Kier molecular flexibility index (Phi) is 2.38. The molecular weight excluding hydrogens is 134 g/mol. The first-order chi connectivity index (χ1) is 4.27. The van der Waals surface area contributed by atoms with E-state index in [1.807, 2.05) is 7.05 Å². The van der Waals surface area contributed by atoms with Gasteiger partial charge in [0.25, 0.3) is 0 Å². The van der Waals surface area contributed by atoms with E-state index in [2.05, 4.69) is 4.72 Å². The summed E-state index contributed by atoms with van der Waals surface area (Å²) >= 11 is 0. The van der Waals surface area contributed by atoms with Crippen molar-refractivity contribution in [2.75, 3.05) is 18.6 Å². The fraction of sp³-hybridized carbons (Fsp3) is 1.00. The molecule has 1 saturated heterocycles. The summed E-state index contributed by atoms with van der Waals surface area (Å²) in [5, 5.41) is 0. The smallest absolute Gasteiger partial charge is 0.0113 e. The third-order valence-corrected chi connectivity index (χ3v) is 4.53. The van der Waals surface area contributed by atoms with Crippen LogP contribution < -0.4 is 4.72 Å². The molecule has 0 bridgehead atoms. The van der Waals surface area contributed by atoms with Gasteiger partial charge in [-0.25, -0.2) is 0 Å². The molecule has 0 unspecified atom stereocenters. The van der Waals surface area contributed by atoms with Gasteiger partial charge in [-0.2, -0.15) is 0 Å². The summed E-state index contributed by atoms with van der Waals surface area (Å²) in [6, 6.07) is 0. The predicted octanol–water partition coefficient (Wildman–Crippen LogP) is 1.58. The summed E-state index contributed by atoms with van der Waals surface area (Å²) in [6.45, 7) is 0. The van der Waals surface area contributed by atoms with Crippen molar-refractivity contribution >= 4 is 10.5 Å². The van der Waals surface area contributed by atoms with Gasteiger partial charge in [0, 0.05) is 11.5 Å². The molecule has 3 heteroatoms. The largest absolute Gasteiger partial charge is 0.338 e. The first-order valence-electron chi connectivity index (χ1n) is 3.46. The third kappa shape index (κ3) is 1.85. The second-order valence-corrected chi connectivity index (χ2v) is 5.42. The van der Waals surface area contributed by atoms with Gasteiger partial charge in [-0.05, 0) is 19.9 Å². The summed E-state index contributed by atoms with van der Waals surface area (Å²) in [4.78, 5) is 0. The highest BCUT2D eigenvalue weighted by molar-refractivity contribution is 8.27. The maximum absolute atomic E-state index is 9.65. The fourth-order valence-electron chi connectivity index (χ4n) is 1.16. The van der Waals surface area contributed by atoms with Crippen molar-refractivity contribution < 1.29 is 4.55 Å². The summed E-state index contributed by atoms with van der Waals surface area (Å²) in [5.74, 6) is 2.01. The summed E-state index contributed by atoms with van der Waals surface area (Å²) in [5.41, 5.74) is 0. The Bertz CT molecular complexity index is 91.1. The monoisotopic (exact) mass is 149 g/mol. The molecule has 0 aromatic heterocycles. The van der Waals surface area contributed by atoms with Gasteiger partial charge in [-0.3, -0.25) is 4.72 Å². The van der Waals surface area contributed by atoms with Crippen molar-refractivity contribution in [2.24, 2.45) is 0 Å². The van der Waals surface area contributed by atoms with Crippen LogP contribution >= 0.6 is 10.5 Å². The van der Waals surface area contributed by atoms with Gasteiger partial charge in [0.2, 0.25) is 0 Å². The van der Waals surface area contributed by atoms with Gasteiger partial charge in [0.1, 0.15) is 0 Å². The fourth-order valence-corrected chi connectivity index (χ4v) is 3.14. The Morgan fingerprint density at radius 3 is 2.11 bits per heavy atom. The third-order valence-electron chi connectivity index (χ3n) is 1.84. The van der Waals surface area contributed by atoms with Crippen LogP contribution in [0.5, 0.6) is 0 Å². The van der Waals surface area contributed by atoms with Gasteiger partial charge in [0.05, 0.1) is 0 Å². The number of hydrogen-bond donors (Lipinski definition) is 2. The second kappa shape index (κ2) is 2.90. The molecule has 0 radical (unpaired) electrons. The highest BCUT2D eigenvalue weighted by Gasteiger charge is 2.20. The number of hydrogen-bond acceptors (Lipinski definition) is 2. The van der Waals surface area contributed by atoms with Gasteiger partial charge in [-0.15, -0.1) is 0 Å². The van der Waals surface area contributed by atoms with Crippen LogP contribution in [0.1, 0.15) is 19.3 Å². The van der Waals surface area contributed by atoms with Crippen LogP contribution in [0, 0.1) is 0 Å². The summed E-state index contributed by atoms with van der Waals surface area (Å²) in [6.07, 6.45) is 3.70. The van der Waals surface area contributed by atoms with Crippen LogP contribution in [-0.2, 0) is 0 Å². The number of nitrogens with one attached hydrogen (secondary N) is 1. The van der Waals surface area contributed by atoms with Gasteiger partial charge in [0.15, 0.2) is 0 Å². The summed E-state index contributed by atoms with van der Waals surface area (Å²) in [7, 11) is 0.534. The molecule has 0 aromatic carbocycles. The number of rotatable bonds is 1. The van der Waals surface area contributed by atoms with Crippen LogP contribution in [-0.4, -0.2) is 23.1 Å². The molecular formula is C6H15NOS. The van der Waals surface area contributed by atoms with Crippen LogP contribution in [0.15, 0.2) is 0 Å². The first-order valence-corrected chi connectivity index (χ1v) is 5.39. The van der Waals surface area contributed by atoms with E-state index < -0.39 is 10.5 Å². The van der Waals surface area contributed by atoms with Crippen LogP contribution in [0.3, 0.4) is 0 Å². The molecule has 0 aliphatic carbocycles. The van der Waals surface area contributed by atoms with E-state index in [1.54, 1.807) is 0 Å². The average molecular weight is 149 g/mol. The molecule has 1 aliphatic heterocycles. The average Bonchev–Trinajstić information content (AvgIpc) is 1.90. The van der Waals surface area contributed by atoms with E-state index in [-0.39, 0.29) is 0 Å². The van der Waals surface area contributed by atoms with E-state index in [0.29, 0.717) is 0 Å². The predicted molar refractivity (Wildman–Crippen MR) is 42.9 cm³/mol. The van der Waals surface area contributed by atoms with E-state index in [4.69, 9.17) is 0 Å². The molecule has 9 heavy (non-hydrogen) atoms. The standard InChI is InChI=1S/C6H15NOS/c1-7-9(8)5-3-2-4-6-9/h7-8H,2-6H2,1H3. The lowest BCUT2D eigenvalue weighted by molar-refractivity contribution is 0.585. The molecule has 0 aromatic rings. The maximum Gasteiger partial charge on any atom is 0.0113 e. The van der Waals surface area contributed by atoms with E-state index in [9.17, 15) is 4.55 Å². The topological polar surface area (TPSA) is 32.3 Å². The molecule has 0 saturated carbocycles. The van der Waals surface area contributed by atoms with Crippen molar-refractivity contribution in [3.63, 3.8) is 0 Å². The Morgan fingerprint density at radius 1 is 1.22 bits per heavy atom. The van der Waals surface area contributed by atoms with Crippen LogP contribution in [0.4, 0.5) is 0 Å². The van der Waals surface area contributed by atoms with Gasteiger partial charge >= 0.3 is 0 Å². The Hall–Kier alpha value is 0.270. The minimum absolute atomic E-state index is 1.00. The highest BCUT2D eigenvalue weighted by Crippen LogP contribution is 2.43.